The van der Waals surface area contributed by atoms with Gasteiger partial charge in [0, 0.05) is 24.9 Å². The molecule has 21 heavy (non-hydrogen) atoms. The van der Waals surface area contributed by atoms with Gasteiger partial charge in [-0.3, -0.25) is 9.59 Å². The van der Waals surface area contributed by atoms with Gasteiger partial charge in [-0.2, -0.15) is 10.5 Å². The summed E-state index contributed by atoms with van der Waals surface area (Å²) >= 11 is 0. The van der Waals surface area contributed by atoms with Crippen molar-refractivity contribution in [1.29, 1.82) is 10.5 Å². The van der Waals surface area contributed by atoms with Crippen LogP contribution in [0.3, 0.4) is 0 Å². The number of nitrogens with zero attached hydrogens (tertiary/aromatic N) is 2. The quantitative estimate of drug-likeness (QED) is 0.759. The summed E-state index contributed by atoms with van der Waals surface area (Å²) in [4.78, 5) is 24.2. The van der Waals surface area contributed by atoms with Gasteiger partial charge in [-0.1, -0.05) is 6.42 Å². The van der Waals surface area contributed by atoms with Crippen LogP contribution in [0, 0.1) is 46.3 Å². The van der Waals surface area contributed by atoms with E-state index in [4.69, 9.17) is 10.5 Å². The molecule has 0 spiro atoms. The maximum absolute atomic E-state index is 12.1. The van der Waals surface area contributed by atoms with Crippen molar-refractivity contribution in [1.82, 2.24) is 10.6 Å². The molecule has 114 valence electrons. The maximum Gasteiger partial charge on any atom is 0.223 e. The van der Waals surface area contributed by atoms with Gasteiger partial charge in [0.1, 0.15) is 0 Å². The van der Waals surface area contributed by atoms with Crippen molar-refractivity contribution in [2.75, 3.05) is 13.1 Å². The number of nitriles is 2. The molecule has 6 nitrogen and oxygen atoms in total. The molecule has 0 saturated heterocycles. The molecule has 1 rings (SSSR count). The largest absolute Gasteiger partial charge is 0.355 e. The Morgan fingerprint density at radius 1 is 1.00 bits per heavy atom. The van der Waals surface area contributed by atoms with Gasteiger partial charge in [0.2, 0.25) is 11.8 Å². The Balaban J connectivity index is 2.51. The van der Waals surface area contributed by atoms with Gasteiger partial charge in [0.05, 0.1) is 24.0 Å². The van der Waals surface area contributed by atoms with Gasteiger partial charge in [-0.15, -0.1) is 0 Å². The van der Waals surface area contributed by atoms with Crippen LogP contribution >= 0.6 is 0 Å². The van der Waals surface area contributed by atoms with E-state index in [1.807, 2.05) is 0 Å². The molecule has 0 radical (unpaired) electrons. The van der Waals surface area contributed by atoms with Crippen LogP contribution in [0.25, 0.3) is 0 Å². The van der Waals surface area contributed by atoms with Crippen LogP contribution < -0.4 is 10.6 Å². The molecule has 0 heterocycles. The first kappa shape index (κ1) is 17.0. The highest BCUT2D eigenvalue weighted by Crippen LogP contribution is 2.32. The smallest absolute Gasteiger partial charge is 0.223 e. The predicted octanol–water partition coefficient (Wildman–Crippen LogP) is 0.954. The van der Waals surface area contributed by atoms with Crippen molar-refractivity contribution in [3.8, 4) is 12.1 Å². The molecule has 1 aliphatic rings. The van der Waals surface area contributed by atoms with Crippen molar-refractivity contribution >= 4 is 11.8 Å². The zero-order valence-electron chi connectivity index (χ0n) is 12.6. The Bertz CT molecular complexity index is 421. The van der Waals surface area contributed by atoms with E-state index in [0.29, 0.717) is 25.9 Å². The Labute approximate surface area is 125 Å². The Morgan fingerprint density at radius 2 is 1.38 bits per heavy atom. The first-order chi connectivity index (χ1) is 9.99. The van der Waals surface area contributed by atoms with E-state index >= 15 is 0 Å². The van der Waals surface area contributed by atoms with Crippen LogP contribution in [0.4, 0.5) is 0 Å². The topological polar surface area (TPSA) is 106 Å². The summed E-state index contributed by atoms with van der Waals surface area (Å²) in [6, 6.07) is 4.12. The van der Waals surface area contributed by atoms with Crippen LogP contribution in [0.2, 0.25) is 0 Å². The van der Waals surface area contributed by atoms with E-state index < -0.39 is 0 Å². The van der Waals surface area contributed by atoms with Crippen LogP contribution in [0.1, 0.15) is 33.1 Å². The van der Waals surface area contributed by atoms with E-state index in [9.17, 15) is 9.59 Å². The Morgan fingerprint density at radius 3 is 1.71 bits per heavy atom. The minimum absolute atomic E-state index is 0.150. The van der Waals surface area contributed by atoms with Crippen LogP contribution in [-0.4, -0.2) is 24.9 Å². The molecule has 1 aliphatic carbocycles. The summed E-state index contributed by atoms with van der Waals surface area (Å²) < 4.78 is 0. The van der Waals surface area contributed by atoms with Gasteiger partial charge >= 0.3 is 0 Å². The third-order valence-electron chi connectivity index (χ3n) is 3.80. The number of hydrogen-bond acceptors (Lipinski definition) is 4. The zero-order valence-corrected chi connectivity index (χ0v) is 12.6. The molecule has 0 unspecified atom stereocenters. The van der Waals surface area contributed by atoms with E-state index in [0.717, 1.165) is 6.42 Å². The molecule has 1 fully saturated rings. The second-order valence-corrected chi connectivity index (χ2v) is 5.69. The van der Waals surface area contributed by atoms with Gasteiger partial charge in [0.25, 0.3) is 0 Å². The molecule has 0 aromatic carbocycles. The number of carbonyl (C=O) groups is 2. The first-order valence-electron chi connectivity index (χ1n) is 7.34. The molecule has 6 heteroatoms. The summed E-state index contributed by atoms with van der Waals surface area (Å²) in [6.07, 6.45) is 2.23. The SMILES string of the molecule is C[C@H](C#N)CNC(=O)[C@@H]1CCC[C@@H]1C(=O)NC[C@@H](C)C#N. The van der Waals surface area contributed by atoms with E-state index in [-0.39, 0.29) is 35.5 Å². The summed E-state index contributed by atoms with van der Waals surface area (Å²) in [5.41, 5.74) is 0. The minimum atomic E-state index is -0.326. The van der Waals surface area contributed by atoms with Crippen molar-refractivity contribution in [2.24, 2.45) is 23.7 Å². The van der Waals surface area contributed by atoms with Gasteiger partial charge in [0.15, 0.2) is 0 Å². The fraction of sp³-hybridized carbons (Fsp3) is 0.733. The molecule has 0 aliphatic heterocycles. The average Bonchev–Trinajstić information content (AvgIpc) is 2.98. The summed E-state index contributed by atoms with van der Waals surface area (Å²) in [6.45, 7) is 4.10. The monoisotopic (exact) mass is 290 g/mol. The lowest BCUT2D eigenvalue weighted by atomic mass is 9.94. The molecule has 1 saturated carbocycles. The molecule has 0 aromatic heterocycles. The fourth-order valence-electron chi connectivity index (χ4n) is 2.45. The molecule has 4 atom stereocenters. The second kappa shape index (κ2) is 8.26. The van der Waals surface area contributed by atoms with Crippen LogP contribution in [0.5, 0.6) is 0 Å². The number of nitrogens with one attached hydrogen (secondary N) is 2. The van der Waals surface area contributed by atoms with E-state index in [2.05, 4.69) is 22.8 Å². The molecule has 2 N–H and O–H groups in total. The minimum Gasteiger partial charge on any atom is -0.355 e. The molecule has 2 amide bonds. The number of hydrogen-bond donors (Lipinski definition) is 2. The third kappa shape index (κ3) is 5.07. The second-order valence-electron chi connectivity index (χ2n) is 5.69. The maximum atomic E-state index is 12.1. The zero-order chi connectivity index (χ0) is 15.8. The Kier molecular flexibility index (Phi) is 6.68. The number of carbonyl (C=O) groups excluding carboxylic acids is 2. The van der Waals surface area contributed by atoms with Gasteiger partial charge in [-0.05, 0) is 26.7 Å². The van der Waals surface area contributed by atoms with Crippen LogP contribution in [-0.2, 0) is 9.59 Å². The third-order valence-corrected chi connectivity index (χ3v) is 3.80. The highest BCUT2D eigenvalue weighted by molar-refractivity contribution is 5.88. The predicted molar refractivity (Wildman–Crippen MR) is 76.4 cm³/mol. The summed E-state index contributed by atoms with van der Waals surface area (Å²) in [5, 5.41) is 22.9. The normalized spacial score (nSPS) is 23.4. The van der Waals surface area contributed by atoms with Crippen molar-refractivity contribution < 1.29 is 9.59 Å². The molecular formula is C15H22N4O2. The van der Waals surface area contributed by atoms with Gasteiger partial charge < -0.3 is 10.6 Å². The standard InChI is InChI=1S/C15H22N4O2/c1-10(6-16)8-18-14(20)12-4-3-5-13(12)15(21)19-9-11(2)7-17/h10-13H,3-5,8-9H2,1-2H3,(H,18,20)(H,19,21)/t10-,11+,12-,13+. The van der Waals surface area contributed by atoms with Gasteiger partial charge in [-0.25, -0.2) is 0 Å². The van der Waals surface area contributed by atoms with Crippen molar-refractivity contribution in [3.63, 3.8) is 0 Å². The number of rotatable bonds is 6. The lowest BCUT2D eigenvalue weighted by Gasteiger charge is -2.19. The lowest BCUT2D eigenvalue weighted by Crippen LogP contribution is -2.41. The first-order valence-corrected chi connectivity index (χ1v) is 7.34. The molecular weight excluding hydrogens is 268 g/mol. The molecule has 0 bridgehead atoms. The highest BCUT2D eigenvalue weighted by Gasteiger charge is 2.37. The summed E-state index contributed by atoms with van der Waals surface area (Å²) in [7, 11) is 0. The lowest BCUT2D eigenvalue weighted by molar-refractivity contribution is -0.133. The van der Waals surface area contributed by atoms with Crippen molar-refractivity contribution in [2.45, 2.75) is 33.1 Å². The summed E-state index contributed by atoms with van der Waals surface area (Å²) in [5.74, 6) is -1.43. The van der Waals surface area contributed by atoms with E-state index in [1.165, 1.54) is 0 Å². The fourth-order valence-corrected chi connectivity index (χ4v) is 2.45. The van der Waals surface area contributed by atoms with Crippen LogP contribution in [0.15, 0.2) is 0 Å². The van der Waals surface area contributed by atoms with Crippen molar-refractivity contribution in [3.05, 3.63) is 0 Å². The van der Waals surface area contributed by atoms with E-state index in [1.54, 1.807) is 13.8 Å². The highest BCUT2D eigenvalue weighted by atomic mass is 16.2. The number of amides is 2. The Hall–Kier alpha value is -2.08. The molecule has 0 aromatic rings. The average molecular weight is 290 g/mol.